The van der Waals surface area contributed by atoms with Crippen molar-refractivity contribution >= 4 is 39.1 Å². The zero-order chi connectivity index (χ0) is 27.7. The van der Waals surface area contributed by atoms with Crippen LogP contribution in [0.2, 0.25) is 0 Å². The van der Waals surface area contributed by atoms with Gasteiger partial charge in [-0.1, -0.05) is 25.9 Å². The van der Waals surface area contributed by atoms with E-state index < -0.39 is 0 Å². The number of likely N-dealkylation sites (tertiary alicyclic amines) is 1. The number of benzene rings is 2. The Labute approximate surface area is 237 Å². The van der Waals surface area contributed by atoms with Gasteiger partial charge in [-0.25, -0.2) is 9.78 Å². The average Bonchev–Trinajstić information content (AvgIpc) is 3.66. The molecule has 0 aliphatic carbocycles. The van der Waals surface area contributed by atoms with Crippen molar-refractivity contribution in [3.05, 3.63) is 54.3 Å². The van der Waals surface area contributed by atoms with Crippen LogP contribution in [0, 0.1) is 5.92 Å². The van der Waals surface area contributed by atoms with Crippen molar-refractivity contribution in [2.24, 2.45) is 5.92 Å². The molecule has 2 aliphatic rings. The average molecular weight is 562 g/mol. The number of nitrogens with one attached hydrogen (secondary N) is 2. The molecule has 2 unspecified atom stereocenters. The fourth-order valence-electron chi connectivity index (χ4n) is 5.23. The molecule has 2 aromatic carbocycles. The van der Waals surface area contributed by atoms with Gasteiger partial charge < -0.3 is 19.3 Å². The number of hydrogen-bond donors (Lipinski definition) is 2. The highest BCUT2D eigenvalue weighted by molar-refractivity contribution is 7.21. The second-order valence-corrected chi connectivity index (χ2v) is 12.6. The predicted octanol–water partition coefficient (Wildman–Crippen LogP) is 6.38. The van der Waals surface area contributed by atoms with E-state index in [1.807, 2.05) is 57.2 Å². The van der Waals surface area contributed by atoms with Crippen molar-refractivity contribution in [2.45, 2.75) is 45.1 Å². The van der Waals surface area contributed by atoms with E-state index in [4.69, 9.17) is 19.0 Å². The lowest BCUT2D eigenvalue weighted by molar-refractivity contribution is -0.00122. The minimum atomic E-state index is -0.384. The third-order valence-corrected chi connectivity index (χ3v) is 8.51. The zero-order valence-electron chi connectivity index (χ0n) is 23.1. The Balaban J connectivity index is 1.02. The number of thiazole rings is 1. The monoisotopic (exact) mass is 561 g/mol. The summed E-state index contributed by atoms with van der Waals surface area (Å²) in [5.41, 5.74) is 2.39. The number of rotatable bonds is 7. The number of carbonyl (C=O) groups is 1. The van der Waals surface area contributed by atoms with Crippen LogP contribution in [-0.2, 0) is 10.2 Å². The summed E-state index contributed by atoms with van der Waals surface area (Å²) < 4.78 is 18.4. The second kappa shape index (κ2) is 11.2. The molecule has 4 aromatic rings. The van der Waals surface area contributed by atoms with Gasteiger partial charge in [0.15, 0.2) is 5.82 Å². The molecular formula is C30H35N5O4S. The number of nitrogens with zero attached hydrogens (tertiary/aromatic N) is 3. The summed E-state index contributed by atoms with van der Waals surface area (Å²) >= 11 is 1.63. The molecule has 2 saturated heterocycles. The van der Waals surface area contributed by atoms with Gasteiger partial charge in [0.25, 0.3) is 0 Å². The largest absolute Gasteiger partial charge is 0.492 e. The third kappa shape index (κ3) is 6.14. The first-order valence-corrected chi connectivity index (χ1v) is 14.6. The Morgan fingerprint density at radius 3 is 2.75 bits per heavy atom. The van der Waals surface area contributed by atoms with Crippen molar-refractivity contribution < 1.29 is 18.8 Å². The Morgan fingerprint density at radius 1 is 1.12 bits per heavy atom. The Hall–Kier alpha value is -3.47. The molecule has 4 heterocycles. The molecule has 210 valence electrons. The first-order valence-electron chi connectivity index (χ1n) is 13.8. The Bertz CT molecular complexity index is 1460. The van der Waals surface area contributed by atoms with E-state index in [1.54, 1.807) is 17.4 Å². The Kier molecular flexibility index (Phi) is 7.48. The van der Waals surface area contributed by atoms with E-state index in [0.717, 1.165) is 52.8 Å². The Morgan fingerprint density at radius 2 is 1.98 bits per heavy atom. The molecule has 0 bridgehead atoms. The van der Waals surface area contributed by atoms with E-state index in [2.05, 4.69) is 26.8 Å². The minimum Gasteiger partial charge on any atom is -0.492 e. The van der Waals surface area contributed by atoms with Gasteiger partial charge in [-0.15, -0.1) is 11.3 Å². The number of anilines is 2. The molecule has 2 fully saturated rings. The number of hydrogen-bond acceptors (Lipinski definition) is 8. The number of urea groups is 1. The summed E-state index contributed by atoms with van der Waals surface area (Å²) in [6.07, 6.45) is 2.87. The van der Waals surface area contributed by atoms with Gasteiger partial charge in [0.05, 0.1) is 16.3 Å². The number of ether oxygens (including phenoxy) is 2. The van der Waals surface area contributed by atoms with E-state index in [0.29, 0.717) is 35.9 Å². The lowest BCUT2D eigenvalue weighted by Crippen LogP contribution is -2.29. The van der Waals surface area contributed by atoms with Crippen LogP contribution >= 0.6 is 11.3 Å². The highest BCUT2D eigenvalue weighted by Gasteiger charge is 2.35. The topological polar surface area (TPSA) is 102 Å². The van der Waals surface area contributed by atoms with E-state index >= 15 is 0 Å². The SMILES string of the molecule is CC(C)(C)c1cc(NC(=O)Nc2ccc(-c3nc4cc(OCCN5CC6CCCOC6C5)ccc4s3)cc2)no1. The highest BCUT2D eigenvalue weighted by Crippen LogP contribution is 2.33. The van der Waals surface area contributed by atoms with Crippen molar-refractivity contribution in [3.8, 4) is 16.3 Å². The minimum absolute atomic E-state index is 0.184. The maximum Gasteiger partial charge on any atom is 0.324 e. The molecule has 40 heavy (non-hydrogen) atoms. The smallest absolute Gasteiger partial charge is 0.324 e. The molecule has 0 radical (unpaired) electrons. The van der Waals surface area contributed by atoms with Crippen LogP contribution in [0.15, 0.2) is 53.1 Å². The zero-order valence-corrected chi connectivity index (χ0v) is 23.9. The third-order valence-electron chi connectivity index (χ3n) is 7.42. The molecule has 9 nitrogen and oxygen atoms in total. The van der Waals surface area contributed by atoms with Crippen LogP contribution < -0.4 is 15.4 Å². The number of fused-ring (bicyclic) bond motifs is 2. The molecule has 6 rings (SSSR count). The molecule has 0 spiro atoms. The van der Waals surface area contributed by atoms with Crippen molar-refractivity contribution in [3.63, 3.8) is 0 Å². The number of amides is 2. The lowest BCUT2D eigenvalue weighted by Gasteiger charge is -2.24. The second-order valence-electron chi connectivity index (χ2n) is 11.6. The van der Waals surface area contributed by atoms with Crippen LogP contribution in [0.3, 0.4) is 0 Å². The van der Waals surface area contributed by atoms with Gasteiger partial charge in [0.2, 0.25) is 0 Å². The number of aromatic nitrogens is 2. The van der Waals surface area contributed by atoms with E-state index in [1.165, 1.54) is 12.8 Å². The lowest BCUT2D eigenvalue weighted by atomic mass is 9.93. The van der Waals surface area contributed by atoms with E-state index in [9.17, 15) is 4.79 Å². The fraction of sp³-hybridized carbons (Fsp3) is 0.433. The summed E-state index contributed by atoms with van der Waals surface area (Å²) in [7, 11) is 0. The molecule has 2 N–H and O–H groups in total. The first-order chi connectivity index (χ1) is 19.3. The molecule has 2 atom stereocenters. The molecule has 2 aliphatic heterocycles. The fourth-order valence-corrected chi connectivity index (χ4v) is 6.18. The molecule has 2 amide bonds. The van der Waals surface area contributed by atoms with Crippen LogP contribution in [0.25, 0.3) is 20.8 Å². The summed E-state index contributed by atoms with van der Waals surface area (Å²) in [6, 6.07) is 15.1. The normalized spacial score (nSPS) is 19.5. The van der Waals surface area contributed by atoms with Gasteiger partial charge >= 0.3 is 6.03 Å². The quantitative estimate of drug-likeness (QED) is 0.270. The summed E-state index contributed by atoms with van der Waals surface area (Å²) in [5, 5.41) is 10.4. The van der Waals surface area contributed by atoms with Crippen LogP contribution in [0.5, 0.6) is 5.75 Å². The number of carbonyl (C=O) groups excluding carboxylic acids is 1. The molecule has 0 saturated carbocycles. The molecule has 10 heteroatoms. The van der Waals surface area contributed by atoms with Gasteiger partial charge in [-0.05, 0) is 55.2 Å². The van der Waals surface area contributed by atoms with Gasteiger partial charge in [0, 0.05) is 55.0 Å². The predicted molar refractivity (Wildman–Crippen MR) is 157 cm³/mol. The van der Waals surface area contributed by atoms with Crippen LogP contribution in [0.4, 0.5) is 16.3 Å². The highest BCUT2D eigenvalue weighted by atomic mass is 32.1. The first kappa shape index (κ1) is 26.7. The van der Waals surface area contributed by atoms with Crippen LogP contribution in [0.1, 0.15) is 39.4 Å². The van der Waals surface area contributed by atoms with Gasteiger partial charge in [-0.2, -0.15) is 0 Å². The van der Waals surface area contributed by atoms with E-state index in [-0.39, 0.29) is 11.4 Å². The molecule has 2 aromatic heterocycles. The summed E-state index contributed by atoms with van der Waals surface area (Å²) in [4.78, 5) is 19.7. The standard InChI is InChI=1S/C30H35N5O4S/c1-30(2,3)26-16-27(34-39-26)33-29(36)31-21-8-6-19(7-9-21)28-32-23-15-22(10-11-25(23)40-28)37-14-12-35-17-20-5-4-13-38-24(20)18-35/h6-11,15-16,20,24H,4-5,12-14,17-18H2,1-3H3,(H2,31,33,34,36). The van der Waals surface area contributed by atoms with Crippen LogP contribution in [-0.4, -0.2) is 60.0 Å². The maximum absolute atomic E-state index is 12.4. The maximum atomic E-state index is 12.4. The summed E-state index contributed by atoms with van der Waals surface area (Å²) in [5.74, 6) is 2.60. The van der Waals surface area contributed by atoms with Crippen molar-refractivity contribution in [1.82, 2.24) is 15.0 Å². The van der Waals surface area contributed by atoms with Gasteiger partial charge in [0.1, 0.15) is 23.1 Å². The summed E-state index contributed by atoms with van der Waals surface area (Å²) in [6.45, 7) is 10.7. The van der Waals surface area contributed by atoms with Gasteiger partial charge in [-0.3, -0.25) is 10.2 Å². The van der Waals surface area contributed by atoms with Crippen molar-refractivity contribution in [2.75, 3.05) is 43.5 Å². The van der Waals surface area contributed by atoms with Crippen molar-refractivity contribution in [1.29, 1.82) is 0 Å². The molecular weight excluding hydrogens is 526 g/mol.